The fourth-order valence-corrected chi connectivity index (χ4v) is 4.93. The van der Waals surface area contributed by atoms with Crippen LogP contribution in [0.4, 0.5) is 23.2 Å². The number of ether oxygens (including phenoxy) is 1. The summed E-state index contributed by atoms with van der Waals surface area (Å²) in [6.45, 7) is 0.414. The summed E-state index contributed by atoms with van der Waals surface area (Å²) in [5.41, 5.74) is -4.25. The minimum Gasteiger partial charge on any atom is -0.495 e. The molecule has 1 unspecified atom stereocenters. The van der Waals surface area contributed by atoms with Crippen molar-refractivity contribution in [3.05, 3.63) is 53.3 Å². The molecule has 1 aliphatic carbocycles. The van der Waals surface area contributed by atoms with Crippen molar-refractivity contribution in [3.63, 3.8) is 0 Å². The number of rotatable bonds is 8. The average molecular weight is 489 g/mol. The van der Waals surface area contributed by atoms with Gasteiger partial charge in [-0.25, -0.2) is 12.8 Å². The van der Waals surface area contributed by atoms with Crippen molar-refractivity contribution in [3.8, 4) is 5.75 Å². The molecule has 2 aromatic carbocycles. The Bertz CT molecular complexity index is 1140. The van der Waals surface area contributed by atoms with E-state index in [0.717, 1.165) is 20.0 Å². The maximum atomic E-state index is 14.4. The van der Waals surface area contributed by atoms with Gasteiger partial charge in [-0.15, -0.1) is 0 Å². The van der Waals surface area contributed by atoms with Gasteiger partial charge in [0.15, 0.2) is 15.4 Å². The summed E-state index contributed by atoms with van der Waals surface area (Å²) in [7, 11) is -2.27. The Morgan fingerprint density at radius 2 is 1.79 bits per heavy atom. The van der Waals surface area contributed by atoms with Gasteiger partial charge >= 0.3 is 6.18 Å². The molecule has 0 bridgehead atoms. The van der Waals surface area contributed by atoms with Crippen LogP contribution < -0.4 is 10.1 Å². The van der Waals surface area contributed by atoms with Crippen molar-refractivity contribution in [1.82, 2.24) is 0 Å². The van der Waals surface area contributed by atoms with E-state index in [1.54, 1.807) is 0 Å². The second-order valence-corrected chi connectivity index (χ2v) is 10.2. The minimum absolute atomic E-state index is 0.0927. The number of benzene rings is 2. The highest BCUT2D eigenvalue weighted by molar-refractivity contribution is 7.91. The number of halogens is 4. The van der Waals surface area contributed by atoms with E-state index in [4.69, 9.17) is 4.74 Å². The van der Waals surface area contributed by atoms with Crippen LogP contribution in [0, 0.1) is 11.7 Å². The zero-order chi connectivity index (χ0) is 24.6. The summed E-state index contributed by atoms with van der Waals surface area (Å²) in [5.74, 6) is -1.99. The fourth-order valence-electron chi connectivity index (χ4n) is 3.23. The minimum atomic E-state index is -5.14. The van der Waals surface area contributed by atoms with Crippen LogP contribution in [0.3, 0.4) is 0 Å². The quantitative estimate of drug-likeness (QED) is 0.548. The molecule has 33 heavy (non-hydrogen) atoms. The first-order valence-corrected chi connectivity index (χ1v) is 11.7. The summed E-state index contributed by atoms with van der Waals surface area (Å²) in [6, 6.07) is 7.11. The number of hydrogen-bond acceptors (Lipinski definition) is 5. The van der Waals surface area contributed by atoms with E-state index >= 15 is 0 Å². The van der Waals surface area contributed by atoms with E-state index in [-0.39, 0.29) is 34.4 Å². The Hall–Kier alpha value is -2.66. The molecule has 2 N–H and O–H groups in total. The van der Waals surface area contributed by atoms with Crippen molar-refractivity contribution < 1.29 is 40.6 Å². The molecular formula is C22H23F4NO5S. The lowest BCUT2D eigenvalue weighted by Gasteiger charge is -2.27. The van der Waals surface area contributed by atoms with Gasteiger partial charge in [0, 0.05) is 11.6 Å². The largest absolute Gasteiger partial charge is 0.495 e. The predicted molar refractivity (Wildman–Crippen MR) is 112 cm³/mol. The van der Waals surface area contributed by atoms with Crippen LogP contribution in [0.2, 0.25) is 0 Å². The van der Waals surface area contributed by atoms with E-state index in [2.05, 4.69) is 5.32 Å². The van der Waals surface area contributed by atoms with Crippen molar-refractivity contribution in [2.45, 2.75) is 42.9 Å². The number of hydrogen-bond donors (Lipinski definition) is 2. The summed E-state index contributed by atoms with van der Waals surface area (Å²) in [6.07, 6.45) is -3.54. The highest BCUT2D eigenvalue weighted by Gasteiger charge is 2.52. The lowest BCUT2D eigenvalue weighted by atomic mass is 9.94. The average Bonchev–Trinajstić information content (AvgIpc) is 3.50. The number of carbonyl (C=O) groups is 1. The van der Waals surface area contributed by atoms with E-state index in [1.807, 2.05) is 0 Å². The molecule has 1 atom stereocenters. The molecule has 0 heterocycles. The molecule has 6 nitrogen and oxygen atoms in total. The summed E-state index contributed by atoms with van der Waals surface area (Å²) < 4.78 is 83.2. The molecule has 11 heteroatoms. The van der Waals surface area contributed by atoms with Gasteiger partial charge in [0.1, 0.15) is 11.6 Å². The van der Waals surface area contributed by atoms with Gasteiger partial charge in [0.25, 0.3) is 0 Å². The van der Waals surface area contributed by atoms with Gasteiger partial charge in [-0.3, -0.25) is 4.79 Å². The van der Waals surface area contributed by atoms with Gasteiger partial charge in [-0.05, 0) is 49.4 Å². The molecule has 180 valence electrons. The summed E-state index contributed by atoms with van der Waals surface area (Å²) in [5, 5.41) is 12.1. The van der Waals surface area contributed by atoms with Gasteiger partial charge < -0.3 is 15.2 Å². The molecule has 1 fully saturated rings. The number of alkyl halides is 3. The lowest BCUT2D eigenvalue weighted by Crippen LogP contribution is -2.40. The van der Waals surface area contributed by atoms with Gasteiger partial charge in [0.05, 0.1) is 29.9 Å². The molecule has 2 aromatic rings. The number of nitrogens with one attached hydrogen (secondary N) is 1. The highest BCUT2D eigenvalue weighted by atomic mass is 32.2. The Morgan fingerprint density at radius 1 is 1.18 bits per heavy atom. The molecule has 0 aliphatic heterocycles. The van der Waals surface area contributed by atoms with Crippen LogP contribution in [0.25, 0.3) is 0 Å². The van der Waals surface area contributed by atoms with Crippen LogP contribution in [-0.2, 0) is 26.7 Å². The first-order chi connectivity index (χ1) is 15.2. The van der Waals surface area contributed by atoms with Crippen molar-refractivity contribution in [2.75, 3.05) is 18.2 Å². The zero-order valence-electron chi connectivity index (χ0n) is 17.9. The number of aliphatic hydroxyl groups is 1. The third-order valence-corrected chi connectivity index (χ3v) is 7.34. The first-order valence-electron chi connectivity index (χ1n) is 10.0. The summed E-state index contributed by atoms with van der Waals surface area (Å²) in [4.78, 5) is 12.6. The van der Waals surface area contributed by atoms with Crippen LogP contribution in [0.15, 0.2) is 41.3 Å². The smallest absolute Gasteiger partial charge is 0.421 e. The second kappa shape index (κ2) is 8.94. The number of methoxy groups -OCH3 is 1. The fraction of sp³-hybridized carbons (Fsp3) is 0.409. The van der Waals surface area contributed by atoms with Crippen LogP contribution in [0.1, 0.15) is 30.9 Å². The van der Waals surface area contributed by atoms with E-state index in [9.17, 15) is 35.9 Å². The molecule has 1 aliphatic rings. The van der Waals surface area contributed by atoms with Gasteiger partial charge in [-0.1, -0.05) is 12.1 Å². The molecular weight excluding hydrogens is 466 g/mol. The topological polar surface area (TPSA) is 92.7 Å². The third kappa shape index (κ3) is 5.64. The maximum absolute atomic E-state index is 14.4. The molecule has 1 amide bonds. The molecule has 3 rings (SSSR count). The Kier molecular flexibility index (Phi) is 6.77. The summed E-state index contributed by atoms with van der Waals surface area (Å²) >= 11 is 0. The zero-order valence-corrected chi connectivity index (χ0v) is 18.7. The van der Waals surface area contributed by atoms with E-state index in [0.29, 0.717) is 24.6 Å². The lowest BCUT2D eigenvalue weighted by molar-refractivity contribution is -0.259. The van der Waals surface area contributed by atoms with Crippen LogP contribution in [0.5, 0.6) is 5.75 Å². The Morgan fingerprint density at radius 3 is 2.30 bits per heavy atom. The Labute approximate surface area is 188 Å². The number of amides is 1. The normalized spacial score (nSPS) is 16.2. The monoisotopic (exact) mass is 489 g/mol. The van der Waals surface area contributed by atoms with Crippen molar-refractivity contribution >= 4 is 21.4 Å². The molecule has 0 radical (unpaired) electrons. The van der Waals surface area contributed by atoms with Gasteiger partial charge in [0.2, 0.25) is 5.91 Å². The molecule has 0 saturated heterocycles. The predicted octanol–water partition coefficient (Wildman–Crippen LogP) is 3.97. The van der Waals surface area contributed by atoms with E-state index < -0.39 is 38.9 Å². The van der Waals surface area contributed by atoms with Crippen LogP contribution in [-0.4, -0.2) is 38.5 Å². The second-order valence-electron chi connectivity index (χ2n) is 8.20. The number of sulfone groups is 1. The van der Waals surface area contributed by atoms with Crippen molar-refractivity contribution in [1.29, 1.82) is 0 Å². The maximum Gasteiger partial charge on any atom is 0.421 e. The SMILES string of the molecule is COc1cc(C(C)(O)C(F)(F)F)c(F)cc1NC(=O)Cc1ccc(S(=O)(=O)CC2CC2)cc1. The number of anilines is 1. The molecule has 0 aromatic heterocycles. The third-order valence-electron chi connectivity index (χ3n) is 5.44. The van der Waals surface area contributed by atoms with E-state index in [1.165, 1.54) is 24.3 Å². The first kappa shape index (κ1) is 25.0. The Balaban J connectivity index is 1.74. The molecule has 0 spiro atoms. The van der Waals surface area contributed by atoms with Crippen molar-refractivity contribution in [2.24, 2.45) is 5.92 Å². The van der Waals surface area contributed by atoms with Crippen LogP contribution >= 0.6 is 0 Å². The number of carbonyl (C=O) groups excluding carboxylic acids is 1. The standard InChI is InChI=1S/C22H23F4NO5S/c1-21(29,22(24,25)26)16-10-19(32-2)18(11-17(16)23)27-20(28)9-13-5-7-15(8-6-13)33(30,31)12-14-3-4-14/h5-8,10-11,14,29H,3-4,9,12H2,1-2H3,(H,27,28). The van der Waals surface area contributed by atoms with Gasteiger partial charge in [-0.2, -0.15) is 13.2 Å². The molecule has 1 saturated carbocycles. The highest BCUT2D eigenvalue weighted by Crippen LogP contribution is 2.42.